The number of hydrogen-bond acceptors (Lipinski definition) is 3. The molecule has 3 atom stereocenters. The van der Waals surface area contributed by atoms with Crippen LogP contribution in [0.4, 0.5) is 40.8 Å². The van der Waals surface area contributed by atoms with Gasteiger partial charge in [-0.15, -0.1) is 0 Å². The molecule has 32 heavy (non-hydrogen) atoms. The average Bonchev–Trinajstić information content (AvgIpc) is 3.15. The molecule has 3 unspecified atom stereocenters. The van der Waals surface area contributed by atoms with E-state index in [4.69, 9.17) is 5.26 Å². The molecule has 1 aliphatic heterocycles. The largest absolute Gasteiger partial charge is 0.417 e. The molecular weight excluding hydrogens is 450 g/mol. The smallest absolute Gasteiger partial charge is 0.322 e. The van der Waals surface area contributed by atoms with Crippen molar-refractivity contribution in [3.8, 4) is 6.07 Å². The number of anilines is 1. The molecule has 1 amide bonds. The van der Waals surface area contributed by atoms with Crippen molar-refractivity contribution >= 4 is 11.6 Å². The van der Waals surface area contributed by atoms with Crippen LogP contribution in [-0.2, 0) is 11.0 Å². The van der Waals surface area contributed by atoms with Crippen LogP contribution in [0.15, 0.2) is 36.4 Å². The standard InChI is InChI=1S/C20H13F8N3O/c21-11-3-4-15(14(22)6-11)31-18(32)16-7-12(17(30-16)20(26,27)28)9-1-2-10(8-29)13(5-9)19(23,24)25/h1-6,12,16-17,30H,7H2,(H,31,32). The van der Waals surface area contributed by atoms with Gasteiger partial charge in [0.25, 0.3) is 0 Å². The van der Waals surface area contributed by atoms with Gasteiger partial charge in [-0.1, -0.05) is 6.07 Å². The van der Waals surface area contributed by atoms with Crippen LogP contribution in [0.5, 0.6) is 0 Å². The van der Waals surface area contributed by atoms with E-state index in [2.05, 4.69) is 0 Å². The second kappa shape index (κ2) is 8.38. The topological polar surface area (TPSA) is 64.9 Å². The highest BCUT2D eigenvalue weighted by molar-refractivity contribution is 5.95. The third-order valence-electron chi connectivity index (χ3n) is 5.03. The first-order valence-electron chi connectivity index (χ1n) is 9.01. The number of nitrogens with one attached hydrogen (secondary N) is 2. The van der Waals surface area contributed by atoms with Gasteiger partial charge in [0.05, 0.1) is 28.9 Å². The third kappa shape index (κ3) is 4.83. The van der Waals surface area contributed by atoms with Gasteiger partial charge in [-0.05, 0) is 36.2 Å². The summed E-state index contributed by atoms with van der Waals surface area (Å²) >= 11 is 0. The summed E-state index contributed by atoms with van der Waals surface area (Å²) in [5, 5.41) is 12.9. The van der Waals surface area contributed by atoms with Gasteiger partial charge >= 0.3 is 12.4 Å². The molecule has 0 aliphatic carbocycles. The first kappa shape index (κ1) is 23.5. The lowest BCUT2D eigenvalue weighted by molar-refractivity contribution is -0.156. The molecule has 1 heterocycles. The van der Waals surface area contributed by atoms with E-state index in [0.29, 0.717) is 12.1 Å². The van der Waals surface area contributed by atoms with E-state index >= 15 is 0 Å². The maximum atomic E-state index is 13.7. The highest BCUT2D eigenvalue weighted by Gasteiger charge is 2.52. The lowest BCUT2D eigenvalue weighted by Gasteiger charge is -2.23. The lowest BCUT2D eigenvalue weighted by Crippen LogP contribution is -2.46. The van der Waals surface area contributed by atoms with Gasteiger partial charge in [-0.3, -0.25) is 10.1 Å². The Labute approximate surface area is 175 Å². The van der Waals surface area contributed by atoms with E-state index in [-0.39, 0.29) is 5.56 Å². The summed E-state index contributed by atoms with van der Waals surface area (Å²) in [6.07, 6.45) is -10.5. The van der Waals surface area contributed by atoms with Crippen molar-refractivity contribution in [3.05, 3.63) is 64.7 Å². The Kier molecular flexibility index (Phi) is 6.15. The number of alkyl halides is 6. The summed E-state index contributed by atoms with van der Waals surface area (Å²) in [6, 6.07) is 1.83. The molecule has 4 nitrogen and oxygen atoms in total. The van der Waals surface area contributed by atoms with Crippen molar-refractivity contribution in [1.82, 2.24) is 5.32 Å². The molecule has 2 N–H and O–H groups in total. The molecular formula is C20H13F8N3O. The Balaban J connectivity index is 1.91. The SMILES string of the molecule is N#Cc1ccc(C2CC(C(=O)Nc3ccc(F)cc3F)NC2C(F)(F)F)cc1C(F)(F)F. The molecule has 2 aromatic rings. The van der Waals surface area contributed by atoms with E-state index in [0.717, 1.165) is 24.3 Å². The van der Waals surface area contributed by atoms with Crippen molar-refractivity contribution in [3.63, 3.8) is 0 Å². The molecule has 1 saturated heterocycles. The number of nitriles is 1. The Morgan fingerprint density at radius 2 is 1.75 bits per heavy atom. The number of halogens is 8. The van der Waals surface area contributed by atoms with Crippen LogP contribution in [0, 0.1) is 23.0 Å². The number of carbonyl (C=O) groups excluding carboxylic acids is 1. The van der Waals surface area contributed by atoms with Gasteiger partial charge < -0.3 is 5.32 Å². The number of carbonyl (C=O) groups is 1. The molecule has 0 spiro atoms. The number of amides is 1. The molecule has 3 rings (SSSR count). The number of rotatable bonds is 3. The Hall–Kier alpha value is -3.20. The molecule has 2 aromatic carbocycles. The van der Waals surface area contributed by atoms with Crippen LogP contribution in [0.2, 0.25) is 0 Å². The summed E-state index contributed by atoms with van der Waals surface area (Å²) in [4.78, 5) is 12.4. The van der Waals surface area contributed by atoms with Crippen LogP contribution in [0.25, 0.3) is 0 Å². The van der Waals surface area contributed by atoms with Crippen LogP contribution < -0.4 is 10.6 Å². The second-order valence-corrected chi connectivity index (χ2v) is 7.11. The molecule has 0 saturated carbocycles. The zero-order valence-electron chi connectivity index (χ0n) is 15.8. The predicted octanol–water partition coefficient (Wildman–Crippen LogP) is 4.87. The summed E-state index contributed by atoms with van der Waals surface area (Å²) in [5.41, 5.74) is -2.98. The Morgan fingerprint density at radius 1 is 1.06 bits per heavy atom. The van der Waals surface area contributed by atoms with Gasteiger partial charge in [0.2, 0.25) is 5.91 Å². The maximum absolute atomic E-state index is 13.7. The van der Waals surface area contributed by atoms with E-state index in [1.807, 2.05) is 10.6 Å². The van der Waals surface area contributed by atoms with Crippen LogP contribution in [0.1, 0.15) is 29.0 Å². The first-order valence-corrected chi connectivity index (χ1v) is 9.01. The van der Waals surface area contributed by atoms with Crippen LogP contribution in [-0.4, -0.2) is 24.2 Å². The molecule has 1 fully saturated rings. The van der Waals surface area contributed by atoms with Gasteiger partial charge in [-0.2, -0.15) is 31.6 Å². The van der Waals surface area contributed by atoms with Crippen LogP contribution in [0.3, 0.4) is 0 Å². The minimum Gasteiger partial charge on any atom is -0.322 e. The Morgan fingerprint density at radius 3 is 2.31 bits per heavy atom. The highest BCUT2D eigenvalue weighted by Crippen LogP contribution is 2.42. The zero-order valence-corrected chi connectivity index (χ0v) is 15.8. The summed E-state index contributed by atoms with van der Waals surface area (Å²) < 4.78 is 107. The normalized spacial score (nSPS) is 21.3. The molecule has 1 aliphatic rings. The van der Waals surface area contributed by atoms with Crippen LogP contribution >= 0.6 is 0 Å². The second-order valence-electron chi connectivity index (χ2n) is 7.11. The van der Waals surface area contributed by atoms with E-state index in [9.17, 15) is 39.9 Å². The van der Waals surface area contributed by atoms with E-state index in [1.54, 1.807) is 0 Å². The summed E-state index contributed by atoms with van der Waals surface area (Å²) in [7, 11) is 0. The van der Waals surface area contributed by atoms with Crippen molar-refractivity contribution in [1.29, 1.82) is 5.26 Å². The minimum atomic E-state index is -4.97. The van der Waals surface area contributed by atoms with Gasteiger partial charge in [0.1, 0.15) is 17.7 Å². The summed E-state index contributed by atoms with van der Waals surface area (Å²) in [6.45, 7) is 0. The minimum absolute atomic E-state index is 0.366. The van der Waals surface area contributed by atoms with Crippen molar-refractivity contribution in [2.75, 3.05) is 5.32 Å². The van der Waals surface area contributed by atoms with Crippen molar-refractivity contribution in [2.45, 2.75) is 36.8 Å². The Bertz CT molecular complexity index is 1070. The molecule has 0 radical (unpaired) electrons. The van der Waals surface area contributed by atoms with Crippen molar-refractivity contribution in [2.24, 2.45) is 0 Å². The fraction of sp³-hybridized carbons (Fsp3) is 0.300. The quantitative estimate of drug-likeness (QED) is 0.639. The third-order valence-corrected chi connectivity index (χ3v) is 5.03. The van der Waals surface area contributed by atoms with Gasteiger partial charge in [0, 0.05) is 12.0 Å². The number of nitrogens with zero attached hydrogens (tertiary/aromatic N) is 1. The fourth-order valence-corrected chi connectivity index (χ4v) is 3.56. The number of benzene rings is 2. The molecule has 170 valence electrons. The van der Waals surface area contributed by atoms with E-state index in [1.165, 1.54) is 6.07 Å². The lowest BCUT2D eigenvalue weighted by atomic mass is 9.88. The summed E-state index contributed by atoms with van der Waals surface area (Å²) in [5.74, 6) is -4.74. The van der Waals surface area contributed by atoms with Gasteiger partial charge in [-0.25, -0.2) is 8.78 Å². The molecule has 0 bridgehead atoms. The average molecular weight is 463 g/mol. The first-order chi connectivity index (χ1) is 14.8. The monoisotopic (exact) mass is 463 g/mol. The molecule has 0 aromatic heterocycles. The highest BCUT2D eigenvalue weighted by atomic mass is 19.4. The molecule has 12 heteroatoms. The van der Waals surface area contributed by atoms with Crippen molar-refractivity contribution < 1.29 is 39.9 Å². The fourth-order valence-electron chi connectivity index (χ4n) is 3.56. The number of hydrogen-bond donors (Lipinski definition) is 2. The maximum Gasteiger partial charge on any atom is 0.417 e. The predicted molar refractivity (Wildman–Crippen MR) is 95.3 cm³/mol. The van der Waals surface area contributed by atoms with Gasteiger partial charge in [0.15, 0.2) is 0 Å². The van der Waals surface area contributed by atoms with E-state index < -0.39 is 71.1 Å². The zero-order chi connectivity index (χ0) is 23.8.